The van der Waals surface area contributed by atoms with Gasteiger partial charge in [-0.15, -0.1) is 0 Å². The van der Waals surface area contributed by atoms with Crippen LogP contribution in [0.4, 0.5) is 0 Å². The van der Waals surface area contributed by atoms with Gasteiger partial charge >= 0.3 is 0 Å². The molecule has 0 heterocycles. The molecule has 1 aromatic carbocycles. The smallest absolute Gasteiger partial charge is 0.184 e. The number of carbonyl (C=O) groups is 1. The summed E-state index contributed by atoms with van der Waals surface area (Å²) in [6, 6.07) is 6.41. The highest BCUT2D eigenvalue weighted by Gasteiger charge is 2.47. The number of ketones is 1. The lowest BCUT2D eigenvalue weighted by molar-refractivity contribution is -0.118. The van der Waals surface area contributed by atoms with E-state index in [4.69, 9.17) is 13.6 Å². The Kier molecular flexibility index (Phi) is 10.5. The van der Waals surface area contributed by atoms with Crippen LogP contribution in [0, 0.1) is 17.8 Å². The molecule has 0 amide bonds. The SMILES string of the molecule is CCCCC[C@@H](CC[C@@H]1[C@H]2Cc3cccc(OCC(C)=O)c3C[C@H]2C[C@H]1O[Si](C)(C)C)O[Si](C)(C)C. The molecule has 0 aliphatic heterocycles. The fourth-order valence-corrected chi connectivity index (χ4v) is 8.86. The van der Waals surface area contributed by atoms with Gasteiger partial charge in [0.05, 0.1) is 0 Å². The van der Waals surface area contributed by atoms with Gasteiger partial charge in [0.25, 0.3) is 0 Å². The molecular weight excluding hydrogens is 480 g/mol. The van der Waals surface area contributed by atoms with Gasteiger partial charge in [0, 0.05) is 12.2 Å². The molecule has 0 saturated heterocycles. The highest BCUT2D eigenvalue weighted by Crippen LogP contribution is 2.50. The van der Waals surface area contributed by atoms with Crippen LogP contribution in [0.2, 0.25) is 39.3 Å². The molecular formula is C30H52O4Si2. The molecule has 0 spiro atoms. The highest BCUT2D eigenvalue weighted by atomic mass is 28.4. The van der Waals surface area contributed by atoms with E-state index in [2.05, 4.69) is 58.3 Å². The van der Waals surface area contributed by atoms with Crippen molar-refractivity contribution in [1.82, 2.24) is 0 Å². The third-order valence-electron chi connectivity index (χ3n) is 7.73. The summed E-state index contributed by atoms with van der Waals surface area (Å²) >= 11 is 0. The molecule has 1 fully saturated rings. The van der Waals surface area contributed by atoms with Crippen LogP contribution in [0.1, 0.15) is 69.9 Å². The largest absolute Gasteiger partial charge is 0.486 e. The van der Waals surface area contributed by atoms with Gasteiger partial charge in [-0.3, -0.25) is 4.79 Å². The fourth-order valence-electron chi connectivity index (χ4n) is 6.44. The van der Waals surface area contributed by atoms with Gasteiger partial charge in [-0.1, -0.05) is 38.3 Å². The first-order valence-corrected chi connectivity index (χ1v) is 21.3. The van der Waals surface area contributed by atoms with Crippen molar-refractivity contribution in [2.24, 2.45) is 17.8 Å². The Morgan fingerprint density at radius 1 is 1.03 bits per heavy atom. The Morgan fingerprint density at radius 2 is 1.78 bits per heavy atom. The molecule has 6 heteroatoms. The fraction of sp³-hybridized carbons (Fsp3) is 0.767. The summed E-state index contributed by atoms with van der Waals surface area (Å²) in [5.41, 5.74) is 2.74. The summed E-state index contributed by atoms with van der Waals surface area (Å²) in [7, 11) is -3.23. The molecule has 204 valence electrons. The molecule has 2 aliphatic carbocycles. The minimum absolute atomic E-state index is 0.0693. The van der Waals surface area contributed by atoms with Crippen molar-refractivity contribution >= 4 is 22.4 Å². The summed E-state index contributed by atoms with van der Waals surface area (Å²) in [4.78, 5) is 11.5. The van der Waals surface area contributed by atoms with Crippen LogP contribution in [-0.4, -0.2) is 41.2 Å². The number of ether oxygens (including phenoxy) is 1. The molecule has 1 aromatic rings. The molecule has 4 nitrogen and oxygen atoms in total. The third-order valence-corrected chi connectivity index (χ3v) is 9.78. The summed E-state index contributed by atoms with van der Waals surface area (Å²) in [5.74, 6) is 2.86. The molecule has 0 N–H and O–H groups in total. The Balaban J connectivity index is 1.78. The number of unbranched alkanes of at least 4 members (excludes halogenated alkanes) is 2. The second kappa shape index (κ2) is 12.7. The highest BCUT2D eigenvalue weighted by molar-refractivity contribution is 6.70. The maximum absolute atomic E-state index is 11.5. The van der Waals surface area contributed by atoms with Crippen LogP contribution < -0.4 is 4.74 Å². The first-order chi connectivity index (χ1) is 16.9. The average molecular weight is 533 g/mol. The molecule has 5 atom stereocenters. The predicted molar refractivity (Wildman–Crippen MR) is 155 cm³/mol. The van der Waals surface area contributed by atoms with Crippen LogP contribution in [-0.2, 0) is 26.5 Å². The zero-order chi connectivity index (χ0) is 26.5. The van der Waals surface area contributed by atoms with Gasteiger partial charge in [0.2, 0.25) is 0 Å². The van der Waals surface area contributed by atoms with Gasteiger partial charge in [-0.2, -0.15) is 0 Å². The zero-order valence-electron chi connectivity index (χ0n) is 24.3. The first-order valence-electron chi connectivity index (χ1n) is 14.4. The summed E-state index contributed by atoms with van der Waals surface area (Å²) in [5, 5.41) is 0. The van der Waals surface area contributed by atoms with E-state index < -0.39 is 16.6 Å². The number of hydrogen-bond donors (Lipinski definition) is 0. The molecule has 0 unspecified atom stereocenters. The number of hydrogen-bond acceptors (Lipinski definition) is 4. The molecule has 3 rings (SSSR count). The normalized spacial score (nSPS) is 24.8. The minimum Gasteiger partial charge on any atom is -0.486 e. The number of benzene rings is 1. The molecule has 0 radical (unpaired) electrons. The molecule has 0 aromatic heterocycles. The quantitative estimate of drug-likeness (QED) is 0.181. The second-order valence-electron chi connectivity index (χ2n) is 13.3. The van der Waals surface area contributed by atoms with Gasteiger partial charge in [0.1, 0.15) is 12.4 Å². The van der Waals surface area contributed by atoms with Crippen LogP contribution in [0.5, 0.6) is 5.75 Å². The van der Waals surface area contributed by atoms with Crippen LogP contribution in [0.3, 0.4) is 0 Å². The Labute approximate surface area is 223 Å². The minimum atomic E-state index is -1.65. The lowest BCUT2D eigenvalue weighted by Crippen LogP contribution is -2.37. The Morgan fingerprint density at radius 3 is 2.42 bits per heavy atom. The van der Waals surface area contributed by atoms with Crippen LogP contribution >= 0.6 is 0 Å². The second-order valence-corrected chi connectivity index (χ2v) is 22.2. The number of fused-ring (bicyclic) bond motifs is 2. The van der Waals surface area contributed by atoms with Crippen molar-refractivity contribution in [2.75, 3.05) is 6.61 Å². The lowest BCUT2D eigenvalue weighted by atomic mass is 9.73. The van der Waals surface area contributed by atoms with E-state index in [0.717, 1.165) is 31.4 Å². The maximum atomic E-state index is 11.5. The summed E-state index contributed by atoms with van der Waals surface area (Å²) < 4.78 is 19.5. The van der Waals surface area contributed by atoms with E-state index in [1.807, 2.05) is 6.07 Å². The van der Waals surface area contributed by atoms with Crippen molar-refractivity contribution in [2.45, 2.75) is 123 Å². The van der Waals surface area contributed by atoms with Crippen molar-refractivity contribution in [1.29, 1.82) is 0 Å². The molecule has 1 saturated carbocycles. The van der Waals surface area contributed by atoms with Gasteiger partial charge in [-0.05, 0) is 120 Å². The zero-order valence-corrected chi connectivity index (χ0v) is 26.3. The standard InChI is InChI=1S/C30H52O4Si2/c1-9-10-11-14-25(33-35(3,4)5)16-17-26-27-18-23-13-12-15-29(32-21-22(2)31)28(23)19-24(27)20-30(26)34-36(6,7)8/h12-13,15,24-27,30H,9-11,14,16-21H2,1-8H3/t24-,25-,26+,27-,30+/m0/s1. The maximum Gasteiger partial charge on any atom is 0.184 e. The molecule has 2 aliphatic rings. The van der Waals surface area contributed by atoms with E-state index in [-0.39, 0.29) is 12.4 Å². The van der Waals surface area contributed by atoms with Gasteiger partial charge in [0.15, 0.2) is 22.4 Å². The monoisotopic (exact) mass is 532 g/mol. The van der Waals surface area contributed by atoms with Crippen molar-refractivity contribution < 1.29 is 18.4 Å². The van der Waals surface area contributed by atoms with E-state index in [0.29, 0.717) is 30.0 Å². The number of rotatable bonds is 14. The van der Waals surface area contributed by atoms with Crippen molar-refractivity contribution in [3.63, 3.8) is 0 Å². The van der Waals surface area contributed by atoms with Crippen LogP contribution in [0.15, 0.2) is 18.2 Å². The Hall–Kier alpha value is -0.956. The van der Waals surface area contributed by atoms with Gasteiger partial charge in [-0.25, -0.2) is 0 Å². The number of carbonyl (C=O) groups excluding carboxylic acids is 1. The molecule has 0 bridgehead atoms. The molecule has 36 heavy (non-hydrogen) atoms. The average Bonchev–Trinajstić information content (AvgIpc) is 3.07. The predicted octanol–water partition coefficient (Wildman–Crippen LogP) is 7.81. The topological polar surface area (TPSA) is 44.8 Å². The van der Waals surface area contributed by atoms with Crippen molar-refractivity contribution in [3.8, 4) is 5.75 Å². The van der Waals surface area contributed by atoms with Crippen molar-refractivity contribution in [3.05, 3.63) is 29.3 Å². The van der Waals surface area contributed by atoms with Crippen LogP contribution in [0.25, 0.3) is 0 Å². The van der Waals surface area contributed by atoms with E-state index in [1.54, 1.807) is 6.92 Å². The summed E-state index contributed by atoms with van der Waals surface area (Å²) in [6.07, 6.45) is 11.4. The first kappa shape index (κ1) is 29.6. The van der Waals surface area contributed by atoms with E-state index in [9.17, 15) is 4.79 Å². The Bertz CT molecular complexity index is 857. The third kappa shape index (κ3) is 8.81. The summed E-state index contributed by atoms with van der Waals surface area (Å²) in [6.45, 7) is 18.0. The lowest BCUT2D eigenvalue weighted by Gasteiger charge is -2.35. The van der Waals surface area contributed by atoms with E-state index in [1.165, 1.54) is 43.2 Å². The van der Waals surface area contributed by atoms with E-state index >= 15 is 0 Å². The number of Topliss-reactive ketones (excluding diaryl/α,β-unsaturated/α-hetero) is 1. The van der Waals surface area contributed by atoms with Gasteiger partial charge < -0.3 is 13.6 Å².